The molecular weight excluding hydrogens is 301 g/mol. The average molecular weight is 319 g/mol. The topological polar surface area (TPSA) is 68.5 Å². The molecule has 1 saturated carbocycles. The molecule has 1 fully saturated rings. The van der Waals surface area contributed by atoms with E-state index in [1.807, 2.05) is 6.92 Å². The molecule has 6 heteroatoms. The van der Waals surface area contributed by atoms with Crippen LogP contribution in [0.1, 0.15) is 37.1 Å². The number of carbonyl (C=O) groups is 2. The van der Waals surface area contributed by atoms with E-state index in [4.69, 9.17) is 9.15 Å². The van der Waals surface area contributed by atoms with Crippen molar-refractivity contribution >= 4 is 22.8 Å². The lowest BCUT2D eigenvalue weighted by atomic mass is 10.0. The van der Waals surface area contributed by atoms with E-state index in [2.05, 4.69) is 5.32 Å². The fraction of sp³-hybridized carbons (Fsp3) is 0.412. The molecule has 0 bridgehead atoms. The predicted octanol–water partition coefficient (Wildman–Crippen LogP) is 3.01. The van der Waals surface area contributed by atoms with E-state index < -0.39 is 17.4 Å². The lowest BCUT2D eigenvalue weighted by Crippen LogP contribution is -2.39. The van der Waals surface area contributed by atoms with E-state index in [9.17, 15) is 14.0 Å². The summed E-state index contributed by atoms with van der Waals surface area (Å²) in [6, 6.07) is 3.87. The number of carbonyl (C=O) groups excluding carboxylic acids is 2. The van der Waals surface area contributed by atoms with Crippen LogP contribution >= 0.6 is 0 Å². The first kappa shape index (κ1) is 15.5. The van der Waals surface area contributed by atoms with Crippen LogP contribution in [0.3, 0.4) is 0 Å². The molecule has 0 aliphatic heterocycles. The fourth-order valence-electron chi connectivity index (χ4n) is 2.87. The molecule has 1 aliphatic rings. The predicted molar refractivity (Wildman–Crippen MR) is 81.1 cm³/mol. The van der Waals surface area contributed by atoms with Crippen LogP contribution in [-0.2, 0) is 14.3 Å². The number of halogens is 1. The highest BCUT2D eigenvalue weighted by molar-refractivity contribution is 6.05. The molecular formula is C17H18FNO4. The van der Waals surface area contributed by atoms with Gasteiger partial charge in [0.2, 0.25) is 5.91 Å². The Morgan fingerprint density at radius 1 is 1.39 bits per heavy atom. The third kappa shape index (κ3) is 2.48. The number of benzene rings is 1. The lowest BCUT2D eigenvalue weighted by molar-refractivity contribution is -0.152. The van der Waals surface area contributed by atoms with Crippen molar-refractivity contribution < 1.29 is 23.1 Å². The minimum atomic E-state index is -1.06. The third-order valence-electron chi connectivity index (χ3n) is 4.44. The monoisotopic (exact) mass is 319 g/mol. The smallest absolute Gasteiger partial charge is 0.321 e. The van der Waals surface area contributed by atoms with Crippen LogP contribution in [0, 0.1) is 18.2 Å². The zero-order chi connectivity index (χ0) is 16.8. The maximum Gasteiger partial charge on any atom is 0.321 e. The number of esters is 1. The number of amides is 1. The van der Waals surface area contributed by atoms with Crippen molar-refractivity contribution in [2.75, 3.05) is 7.11 Å². The molecule has 1 N–H and O–H groups in total. The summed E-state index contributed by atoms with van der Waals surface area (Å²) >= 11 is 0. The maximum absolute atomic E-state index is 13.4. The number of hydrogen-bond donors (Lipinski definition) is 1. The average Bonchev–Trinajstić information content (AvgIpc) is 3.28. The number of methoxy groups -OCH3 is 1. The van der Waals surface area contributed by atoms with E-state index in [0.29, 0.717) is 29.6 Å². The molecule has 0 spiro atoms. The number of hydrogen-bond acceptors (Lipinski definition) is 4. The van der Waals surface area contributed by atoms with Crippen molar-refractivity contribution in [3.05, 3.63) is 35.3 Å². The van der Waals surface area contributed by atoms with E-state index >= 15 is 0 Å². The summed E-state index contributed by atoms with van der Waals surface area (Å²) < 4.78 is 23.8. The van der Waals surface area contributed by atoms with Gasteiger partial charge in [-0.25, -0.2) is 4.39 Å². The second-order valence-electron chi connectivity index (χ2n) is 6.00. The first-order valence-electron chi connectivity index (χ1n) is 7.47. The maximum atomic E-state index is 13.4. The van der Waals surface area contributed by atoms with Gasteiger partial charge in [0.25, 0.3) is 0 Å². The van der Waals surface area contributed by atoms with Gasteiger partial charge in [0.15, 0.2) is 0 Å². The number of ether oxygens (including phenoxy) is 1. The summed E-state index contributed by atoms with van der Waals surface area (Å²) in [4.78, 5) is 24.1. The van der Waals surface area contributed by atoms with Gasteiger partial charge < -0.3 is 14.5 Å². The molecule has 1 heterocycles. The quantitative estimate of drug-likeness (QED) is 0.695. The Kier molecular flexibility index (Phi) is 3.62. The van der Waals surface area contributed by atoms with E-state index in [1.54, 1.807) is 13.0 Å². The van der Waals surface area contributed by atoms with Crippen LogP contribution in [0.2, 0.25) is 0 Å². The highest BCUT2D eigenvalue weighted by atomic mass is 19.1. The van der Waals surface area contributed by atoms with Crippen LogP contribution in [-0.4, -0.2) is 19.0 Å². The van der Waals surface area contributed by atoms with Gasteiger partial charge in [-0.1, -0.05) is 0 Å². The van der Waals surface area contributed by atoms with Gasteiger partial charge in [-0.05, 0) is 44.9 Å². The Bertz CT molecular complexity index is 791. The number of aryl methyl sites for hydroxylation is 1. The minimum absolute atomic E-state index is 0.340. The minimum Gasteiger partial charge on any atom is -0.468 e. The second-order valence-corrected chi connectivity index (χ2v) is 6.00. The Balaban J connectivity index is 1.84. The number of nitrogens with one attached hydrogen (secondary N) is 1. The number of fused-ring (bicyclic) bond motifs is 1. The van der Waals surface area contributed by atoms with Gasteiger partial charge in [0.05, 0.1) is 13.2 Å². The second kappa shape index (κ2) is 5.37. The van der Waals surface area contributed by atoms with Gasteiger partial charge in [0.1, 0.15) is 22.6 Å². The molecule has 122 valence electrons. The highest BCUT2D eigenvalue weighted by Gasteiger charge is 2.58. The Labute approximate surface area is 132 Å². The standard InChI is InChI=1S/C17H18FNO4/c1-9-12-8-11(18)4-5-13(12)23-14(9)10(2)19-15(20)17(6-7-17)16(21)22-3/h4-5,8,10H,6-7H2,1-3H3,(H,19,20)/t10-/m1/s1. The van der Waals surface area contributed by atoms with Gasteiger partial charge >= 0.3 is 5.97 Å². The molecule has 1 aromatic heterocycles. The zero-order valence-electron chi connectivity index (χ0n) is 13.2. The number of furan rings is 1. The molecule has 23 heavy (non-hydrogen) atoms. The molecule has 0 radical (unpaired) electrons. The van der Waals surface area contributed by atoms with Gasteiger partial charge in [-0.3, -0.25) is 9.59 Å². The van der Waals surface area contributed by atoms with Gasteiger partial charge in [-0.2, -0.15) is 0 Å². The van der Waals surface area contributed by atoms with Crippen molar-refractivity contribution in [2.24, 2.45) is 5.41 Å². The molecule has 1 aliphatic carbocycles. The molecule has 3 rings (SSSR count). The Morgan fingerprint density at radius 3 is 2.70 bits per heavy atom. The van der Waals surface area contributed by atoms with Crippen LogP contribution in [0.15, 0.2) is 22.6 Å². The normalized spacial score (nSPS) is 16.9. The first-order chi connectivity index (χ1) is 10.9. The third-order valence-corrected chi connectivity index (χ3v) is 4.44. The van der Waals surface area contributed by atoms with E-state index in [1.165, 1.54) is 19.2 Å². The summed E-state index contributed by atoms with van der Waals surface area (Å²) in [5.41, 5.74) is 0.277. The van der Waals surface area contributed by atoms with Crippen LogP contribution in [0.4, 0.5) is 4.39 Å². The molecule has 1 amide bonds. The van der Waals surface area contributed by atoms with Crippen LogP contribution in [0.25, 0.3) is 11.0 Å². The van der Waals surface area contributed by atoms with Crippen molar-refractivity contribution in [2.45, 2.75) is 32.7 Å². The number of rotatable bonds is 4. The molecule has 5 nitrogen and oxygen atoms in total. The molecule has 0 unspecified atom stereocenters. The summed E-state index contributed by atoms with van der Waals surface area (Å²) in [5, 5.41) is 3.48. The summed E-state index contributed by atoms with van der Waals surface area (Å²) in [6.07, 6.45) is 0.977. The lowest BCUT2D eigenvalue weighted by Gasteiger charge is -2.17. The fourth-order valence-corrected chi connectivity index (χ4v) is 2.87. The van der Waals surface area contributed by atoms with Crippen molar-refractivity contribution in [1.29, 1.82) is 0 Å². The molecule has 1 atom stereocenters. The SMILES string of the molecule is COC(=O)C1(C(=O)N[C@H](C)c2oc3ccc(F)cc3c2C)CC1. The molecule has 0 saturated heterocycles. The van der Waals surface area contributed by atoms with Crippen molar-refractivity contribution in [3.63, 3.8) is 0 Å². The zero-order valence-corrected chi connectivity index (χ0v) is 13.2. The van der Waals surface area contributed by atoms with E-state index in [-0.39, 0.29) is 11.7 Å². The van der Waals surface area contributed by atoms with Crippen LogP contribution in [0.5, 0.6) is 0 Å². The van der Waals surface area contributed by atoms with Crippen LogP contribution < -0.4 is 5.32 Å². The Morgan fingerprint density at radius 2 is 2.09 bits per heavy atom. The summed E-state index contributed by atoms with van der Waals surface area (Å²) in [5.74, 6) is -0.652. The van der Waals surface area contributed by atoms with Gasteiger partial charge in [-0.15, -0.1) is 0 Å². The summed E-state index contributed by atoms with van der Waals surface area (Å²) in [7, 11) is 1.27. The van der Waals surface area contributed by atoms with E-state index in [0.717, 1.165) is 5.56 Å². The molecule has 1 aromatic carbocycles. The van der Waals surface area contributed by atoms with Crippen molar-refractivity contribution in [1.82, 2.24) is 5.32 Å². The largest absolute Gasteiger partial charge is 0.468 e. The highest BCUT2D eigenvalue weighted by Crippen LogP contribution is 2.47. The van der Waals surface area contributed by atoms with Gasteiger partial charge in [0, 0.05) is 10.9 Å². The van der Waals surface area contributed by atoms with Crippen molar-refractivity contribution in [3.8, 4) is 0 Å². The Hall–Kier alpha value is -2.37. The molecule has 2 aromatic rings. The summed E-state index contributed by atoms with van der Waals surface area (Å²) in [6.45, 7) is 3.59. The first-order valence-corrected chi connectivity index (χ1v) is 7.47.